The van der Waals surface area contributed by atoms with Gasteiger partial charge in [0.25, 0.3) is 0 Å². The first-order chi connectivity index (χ1) is 5.97. The van der Waals surface area contributed by atoms with E-state index >= 15 is 0 Å². The maximum atomic E-state index is 10.8. The molecule has 1 unspecified atom stereocenters. The summed E-state index contributed by atoms with van der Waals surface area (Å²) in [6, 6.07) is -0.947. The summed E-state index contributed by atoms with van der Waals surface area (Å²) in [6.07, 6.45) is -0.394. The fourth-order valence-corrected chi connectivity index (χ4v) is 0.802. The fraction of sp³-hybridized carbons (Fsp3) is 0.571. The van der Waals surface area contributed by atoms with Gasteiger partial charge in [-0.25, -0.2) is 0 Å². The highest BCUT2D eigenvalue weighted by Crippen LogP contribution is 1.94. The summed E-state index contributed by atoms with van der Waals surface area (Å²) in [7, 11) is 0. The summed E-state index contributed by atoms with van der Waals surface area (Å²) in [6.45, 7) is 1.23. The number of thiol groups is 1. The van der Waals surface area contributed by atoms with E-state index in [1.807, 2.05) is 0 Å². The number of aliphatic carboxylic acids is 1. The van der Waals surface area contributed by atoms with E-state index in [0.717, 1.165) is 0 Å². The monoisotopic (exact) mass is 205 g/mol. The maximum Gasteiger partial charge on any atom is 0.305 e. The first-order valence-corrected chi connectivity index (χ1v) is 4.23. The summed E-state index contributed by atoms with van der Waals surface area (Å²) < 4.78 is 0. The average molecular weight is 205 g/mol. The molecule has 0 fully saturated rings. The number of nitrogens with one attached hydrogen (secondary N) is 1. The Morgan fingerprint density at radius 3 is 2.31 bits per heavy atom. The third-order valence-electron chi connectivity index (χ3n) is 1.35. The second kappa shape index (κ2) is 5.58. The van der Waals surface area contributed by atoms with Gasteiger partial charge in [0.15, 0.2) is 5.78 Å². The van der Waals surface area contributed by atoms with Crippen molar-refractivity contribution in [2.75, 3.05) is 5.75 Å². The molecule has 0 aliphatic rings. The number of carbonyl (C=O) groups is 3. The van der Waals surface area contributed by atoms with Gasteiger partial charge in [-0.3, -0.25) is 14.4 Å². The molecule has 1 amide bonds. The molecule has 0 radical (unpaired) electrons. The van der Waals surface area contributed by atoms with E-state index in [4.69, 9.17) is 5.11 Å². The summed E-state index contributed by atoms with van der Waals surface area (Å²) in [5.41, 5.74) is 0. The number of carboxylic acid groups (broad SMARTS) is 1. The standard InChI is InChI=1S/C7H11NO4S/c1-4(9)5(2-7(11)12)8-6(10)3-13/h5,13H,2-3H2,1H3,(H,8,10)(H,11,12). The lowest BCUT2D eigenvalue weighted by atomic mass is 10.1. The highest BCUT2D eigenvalue weighted by molar-refractivity contribution is 7.81. The highest BCUT2D eigenvalue weighted by Gasteiger charge is 2.19. The molecule has 0 saturated heterocycles. The van der Waals surface area contributed by atoms with Gasteiger partial charge in [0.05, 0.1) is 18.2 Å². The van der Waals surface area contributed by atoms with E-state index in [-0.39, 0.29) is 11.5 Å². The Morgan fingerprint density at radius 1 is 1.46 bits per heavy atom. The van der Waals surface area contributed by atoms with E-state index < -0.39 is 24.3 Å². The van der Waals surface area contributed by atoms with Crippen molar-refractivity contribution in [1.29, 1.82) is 0 Å². The minimum Gasteiger partial charge on any atom is -0.481 e. The third kappa shape index (κ3) is 5.24. The first kappa shape index (κ1) is 12.0. The zero-order valence-corrected chi connectivity index (χ0v) is 8.01. The smallest absolute Gasteiger partial charge is 0.305 e. The van der Waals surface area contributed by atoms with Crippen molar-refractivity contribution in [2.45, 2.75) is 19.4 Å². The number of carbonyl (C=O) groups excluding carboxylic acids is 2. The molecule has 0 saturated carbocycles. The molecule has 0 rings (SSSR count). The van der Waals surface area contributed by atoms with Crippen LogP contribution >= 0.6 is 12.6 Å². The molecule has 5 nitrogen and oxygen atoms in total. The van der Waals surface area contributed by atoms with Crippen molar-refractivity contribution in [2.24, 2.45) is 0 Å². The lowest BCUT2D eigenvalue weighted by molar-refractivity contribution is -0.139. The summed E-state index contributed by atoms with van der Waals surface area (Å²) in [5.74, 6) is -2.02. The van der Waals surface area contributed by atoms with Crippen molar-refractivity contribution in [3.63, 3.8) is 0 Å². The molecule has 0 aromatic carbocycles. The van der Waals surface area contributed by atoms with Crippen LogP contribution in [-0.4, -0.2) is 34.6 Å². The van der Waals surface area contributed by atoms with Crippen molar-refractivity contribution in [3.05, 3.63) is 0 Å². The van der Waals surface area contributed by atoms with Gasteiger partial charge in [-0.15, -0.1) is 0 Å². The largest absolute Gasteiger partial charge is 0.481 e. The molecule has 0 aromatic rings. The van der Waals surface area contributed by atoms with Gasteiger partial charge < -0.3 is 10.4 Å². The van der Waals surface area contributed by atoms with Crippen molar-refractivity contribution in [1.82, 2.24) is 5.32 Å². The van der Waals surface area contributed by atoms with Gasteiger partial charge in [0.1, 0.15) is 0 Å². The van der Waals surface area contributed by atoms with Crippen molar-refractivity contribution >= 4 is 30.3 Å². The Hall–Kier alpha value is -1.04. The van der Waals surface area contributed by atoms with E-state index in [1.165, 1.54) is 6.92 Å². The Balaban J connectivity index is 4.18. The van der Waals surface area contributed by atoms with Crippen LogP contribution in [0.25, 0.3) is 0 Å². The molecule has 13 heavy (non-hydrogen) atoms. The second-order valence-electron chi connectivity index (χ2n) is 2.49. The second-order valence-corrected chi connectivity index (χ2v) is 2.80. The lowest BCUT2D eigenvalue weighted by Gasteiger charge is -2.12. The molecule has 0 aromatic heterocycles. The van der Waals surface area contributed by atoms with Gasteiger partial charge in [0.2, 0.25) is 5.91 Å². The number of hydrogen-bond acceptors (Lipinski definition) is 4. The van der Waals surface area contributed by atoms with E-state index in [2.05, 4.69) is 17.9 Å². The molecule has 0 bridgehead atoms. The maximum absolute atomic E-state index is 10.8. The van der Waals surface area contributed by atoms with E-state index in [0.29, 0.717) is 0 Å². The Kier molecular flexibility index (Phi) is 5.13. The number of ketones is 1. The fourth-order valence-electron chi connectivity index (χ4n) is 0.711. The minimum absolute atomic E-state index is 0.0661. The Labute approximate surface area is 80.9 Å². The Bertz CT molecular complexity index is 229. The molecule has 6 heteroatoms. The zero-order valence-electron chi connectivity index (χ0n) is 7.11. The van der Waals surface area contributed by atoms with Crippen LogP contribution in [-0.2, 0) is 14.4 Å². The molecular weight excluding hydrogens is 194 g/mol. The van der Waals surface area contributed by atoms with Crippen LogP contribution in [0.4, 0.5) is 0 Å². The van der Waals surface area contributed by atoms with Gasteiger partial charge in [-0.2, -0.15) is 12.6 Å². The van der Waals surface area contributed by atoms with Crippen LogP contribution in [0.3, 0.4) is 0 Å². The predicted molar refractivity (Wildman–Crippen MR) is 48.7 cm³/mol. The summed E-state index contributed by atoms with van der Waals surface area (Å²) in [5, 5.41) is 10.6. The molecular formula is C7H11NO4S. The molecule has 2 N–H and O–H groups in total. The van der Waals surface area contributed by atoms with Gasteiger partial charge in [-0.05, 0) is 6.92 Å². The summed E-state index contributed by atoms with van der Waals surface area (Å²) in [4.78, 5) is 31.9. The third-order valence-corrected chi connectivity index (χ3v) is 1.64. The lowest BCUT2D eigenvalue weighted by Crippen LogP contribution is -2.41. The normalized spacial score (nSPS) is 11.8. The number of hydrogen-bond donors (Lipinski definition) is 3. The van der Waals surface area contributed by atoms with Crippen LogP contribution in [0.5, 0.6) is 0 Å². The predicted octanol–water partition coefficient (Wildman–Crippen LogP) is -0.535. The number of Topliss-reactive ketones (excluding diaryl/α,β-unsaturated/α-hetero) is 1. The molecule has 74 valence electrons. The Morgan fingerprint density at radius 2 is 2.00 bits per heavy atom. The van der Waals surface area contributed by atoms with Crippen LogP contribution in [0.15, 0.2) is 0 Å². The van der Waals surface area contributed by atoms with Crippen molar-refractivity contribution < 1.29 is 19.5 Å². The van der Waals surface area contributed by atoms with Crippen LogP contribution in [0.2, 0.25) is 0 Å². The van der Waals surface area contributed by atoms with Crippen LogP contribution in [0.1, 0.15) is 13.3 Å². The molecule has 1 atom stereocenters. The minimum atomic E-state index is -1.13. The number of amides is 1. The quantitative estimate of drug-likeness (QED) is 0.527. The van der Waals surface area contributed by atoms with E-state index in [1.54, 1.807) is 0 Å². The summed E-state index contributed by atoms with van der Waals surface area (Å²) >= 11 is 3.68. The average Bonchev–Trinajstić information content (AvgIpc) is 2.02. The van der Waals surface area contributed by atoms with Gasteiger partial charge in [-0.1, -0.05) is 0 Å². The number of rotatable bonds is 5. The van der Waals surface area contributed by atoms with E-state index in [9.17, 15) is 14.4 Å². The SMILES string of the molecule is CC(=O)C(CC(=O)O)NC(=O)CS. The highest BCUT2D eigenvalue weighted by atomic mass is 32.1. The van der Waals surface area contributed by atoms with Crippen LogP contribution < -0.4 is 5.32 Å². The topological polar surface area (TPSA) is 83.5 Å². The molecule has 0 heterocycles. The molecule has 0 aliphatic carbocycles. The molecule has 0 spiro atoms. The van der Waals surface area contributed by atoms with Crippen molar-refractivity contribution in [3.8, 4) is 0 Å². The first-order valence-electron chi connectivity index (χ1n) is 3.59. The zero-order chi connectivity index (χ0) is 10.4. The molecule has 0 aliphatic heterocycles. The van der Waals surface area contributed by atoms with Gasteiger partial charge in [0, 0.05) is 0 Å². The van der Waals surface area contributed by atoms with Crippen LogP contribution in [0, 0.1) is 0 Å². The number of carboxylic acids is 1. The van der Waals surface area contributed by atoms with Gasteiger partial charge >= 0.3 is 5.97 Å².